The predicted molar refractivity (Wildman–Crippen MR) is 78.0 cm³/mol. The zero-order chi connectivity index (χ0) is 13.8. The van der Waals surface area contributed by atoms with E-state index in [0.29, 0.717) is 0 Å². The molecule has 3 heteroatoms. The molecule has 2 atom stereocenters. The lowest BCUT2D eigenvalue weighted by atomic mass is 9.88. The fourth-order valence-corrected chi connectivity index (χ4v) is 2.73. The van der Waals surface area contributed by atoms with Crippen molar-refractivity contribution >= 4 is 0 Å². The van der Waals surface area contributed by atoms with Crippen LogP contribution in [0.2, 0.25) is 0 Å². The minimum absolute atomic E-state index is 0.217. The van der Waals surface area contributed by atoms with Gasteiger partial charge in [-0.25, -0.2) is 0 Å². The molecule has 2 N–H and O–H groups in total. The molecule has 0 heterocycles. The van der Waals surface area contributed by atoms with Crippen molar-refractivity contribution in [2.45, 2.75) is 58.1 Å². The molecule has 0 fully saturated rings. The van der Waals surface area contributed by atoms with Crippen LogP contribution in [0.1, 0.15) is 44.2 Å². The van der Waals surface area contributed by atoms with Gasteiger partial charge in [0.05, 0.1) is 13.2 Å². The Labute approximate surface area is 116 Å². The molecule has 19 heavy (non-hydrogen) atoms. The van der Waals surface area contributed by atoms with Gasteiger partial charge in [0.25, 0.3) is 0 Å². The normalized spacial score (nSPS) is 19.7. The molecule has 0 aromatic heterocycles. The maximum Gasteiger partial charge on any atom is 0.161 e. The van der Waals surface area contributed by atoms with Crippen molar-refractivity contribution in [3.63, 3.8) is 0 Å². The Hall–Kier alpha value is -1.22. The van der Waals surface area contributed by atoms with E-state index in [4.69, 9.17) is 15.2 Å². The van der Waals surface area contributed by atoms with E-state index in [2.05, 4.69) is 26.0 Å². The second-order valence-electron chi connectivity index (χ2n) is 5.49. The molecule has 3 nitrogen and oxygen atoms in total. The Morgan fingerprint density at radius 1 is 1.32 bits per heavy atom. The molecule has 0 bridgehead atoms. The van der Waals surface area contributed by atoms with Crippen LogP contribution in [0.25, 0.3) is 0 Å². The summed E-state index contributed by atoms with van der Waals surface area (Å²) in [5.74, 6) is 1.70. The first-order valence-electron chi connectivity index (χ1n) is 7.26. The number of rotatable bonds is 5. The SMILES string of the molecule is CCCC(C)Oc1cc2c(cc1OC)CCC(N)C2. The Morgan fingerprint density at radius 3 is 2.74 bits per heavy atom. The van der Waals surface area contributed by atoms with E-state index in [9.17, 15) is 0 Å². The van der Waals surface area contributed by atoms with Crippen LogP contribution in [0.5, 0.6) is 11.5 Å². The minimum Gasteiger partial charge on any atom is -0.493 e. The zero-order valence-corrected chi connectivity index (χ0v) is 12.2. The lowest BCUT2D eigenvalue weighted by Crippen LogP contribution is -2.28. The van der Waals surface area contributed by atoms with Gasteiger partial charge in [0, 0.05) is 6.04 Å². The van der Waals surface area contributed by atoms with Crippen molar-refractivity contribution in [2.75, 3.05) is 7.11 Å². The van der Waals surface area contributed by atoms with Gasteiger partial charge >= 0.3 is 0 Å². The van der Waals surface area contributed by atoms with Gasteiger partial charge < -0.3 is 15.2 Å². The van der Waals surface area contributed by atoms with Gasteiger partial charge in [-0.3, -0.25) is 0 Å². The molecule has 1 aliphatic rings. The van der Waals surface area contributed by atoms with Gasteiger partial charge in [-0.05, 0) is 55.9 Å². The summed E-state index contributed by atoms with van der Waals surface area (Å²) in [6.45, 7) is 4.27. The van der Waals surface area contributed by atoms with E-state index in [0.717, 1.165) is 43.6 Å². The summed E-state index contributed by atoms with van der Waals surface area (Å²) < 4.78 is 11.5. The number of methoxy groups -OCH3 is 1. The van der Waals surface area contributed by atoms with E-state index in [1.54, 1.807) is 7.11 Å². The van der Waals surface area contributed by atoms with E-state index in [1.165, 1.54) is 11.1 Å². The van der Waals surface area contributed by atoms with Crippen LogP contribution >= 0.6 is 0 Å². The summed E-state index contributed by atoms with van der Waals surface area (Å²) in [6, 6.07) is 4.52. The highest BCUT2D eigenvalue weighted by molar-refractivity contribution is 5.48. The van der Waals surface area contributed by atoms with Crippen LogP contribution in [0.15, 0.2) is 12.1 Å². The van der Waals surface area contributed by atoms with Crippen molar-refractivity contribution in [2.24, 2.45) is 5.73 Å². The number of aryl methyl sites for hydroxylation is 1. The summed E-state index contributed by atoms with van der Waals surface area (Å²) in [5.41, 5.74) is 8.72. The third kappa shape index (κ3) is 3.41. The van der Waals surface area contributed by atoms with Gasteiger partial charge in [0.2, 0.25) is 0 Å². The largest absolute Gasteiger partial charge is 0.493 e. The number of hydrogen-bond donors (Lipinski definition) is 1. The molecule has 0 saturated carbocycles. The summed E-state index contributed by atoms with van der Waals surface area (Å²) in [7, 11) is 1.70. The molecule has 0 aliphatic heterocycles. The first-order valence-corrected chi connectivity index (χ1v) is 7.26. The molecule has 2 unspecified atom stereocenters. The van der Waals surface area contributed by atoms with Crippen molar-refractivity contribution in [1.82, 2.24) is 0 Å². The van der Waals surface area contributed by atoms with E-state index in [-0.39, 0.29) is 12.1 Å². The fraction of sp³-hybridized carbons (Fsp3) is 0.625. The first-order chi connectivity index (χ1) is 9.13. The van der Waals surface area contributed by atoms with Gasteiger partial charge in [-0.15, -0.1) is 0 Å². The lowest BCUT2D eigenvalue weighted by molar-refractivity contribution is 0.200. The van der Waals surface area contributed by atoms with Crippen molar-refractivity contribution in [3.05, 3.63) is 23.3 Å². The Kier molecular flexibility index (Phi) is 4.70. The number of nitrogens with two attached hydrogens (primary N) is 1. The van der Waals surface area contributed by atoms with Gasteiger partial charge in [0.1, 0.15) is 0 Å². The smallest absolute Gasteiger partial charge is 0.161 e. The molecule has 1 aromatic carbocycles. The molecule has 106 valence electrons. The highest BCUT2D eigenvalue weighted by Gasteiger charge is 2.19. The second kappa shape index (κ2) is 6.29. The molecular formula is C16H25NO2. The van der Waals surface area contributed by atoms with Gasteiger partial charge in [0.15, 0.2) is 11.5 Å². The van der Waals surface area contributed by atoms with Gasteiger partial charge in [-0.2, -0.15) is 0 Å². The Balaban J connectivity index is 2.24. The standard InChI is InChI=1S/C16H25NO2/c1-4-5-11(2)19-16-10-13-8-14(17)7-6-12(13)9-15(16)18-3/h9-11,14H,4-8,17H2,1-3H3. The average Bonchev–Trinajstić information content (AvgIpc) is 2.38. The maximum absolute atomic E-state index is 6.05. The van der Waals surface area contributed by atoms with Crippen molar-refractivity contribution in [1.29, 1.82) is 0 Å². The van der Waals surface area contributed by atoms with Crippen LogP contribution in [-0.4, -0.2) is 19.3 Å². The zero-order valence-electron chi connectivity index (χ0n) is 12.2. The summed E-state index contributed by atoms with van der Waals surface area (Å²) in [5, 5.41) is 0. The molecule has 2 rings (SSSR count). The third-order valence-electron chi connectivity index (χ3n) is 3.78. The highest BCUT2D eigenvalue weighted by atomic mass is 16.5. The molecule has 0 saturated heterocycles. The van der Waals surface area contributed by atoms with E-state index >= 15 is 0 Å². The van der Waals surface area contributed by atoms with E-state index < -0.39 is 0 Å². The fourth-order valence-electron chi connectivity index (χ4n) is 2.73. The molecule has 0 amide bonds. The topological polar surface area (TPSA) is 44.5 Å². The van der Waals surface area contributed by atoms with Crippen LogP contribution in [0.4, 0.5) is 0 Å². The van der Waals surface area contributed by atoms with Crippen LogP contribution in [0, 0.1) is 0 Å². The minimum atomic E-state index is 0.217. The monoisotopic (exact) mass is 263 g/mol. The third-order valence-corrected chi connectivity index (χ3v) is 3.78. The molecule has 1 aromatic rings. The maximum atomic E-state index is 6.05. The molecule has 0 radical (unpaired) electrons. The quantitative estimate of drug-likeness (QED) is 0.888. The second-order valence-corrected chi connectivity index (χ2v) is 5.49. The van der Waals surface area contributed by atoms with Crippen LogP contribution < -0.4 is 15.2 Å². The van der Waals surface area contributed by atoms with Crippen LogP contribution in [0.3, 0.4) is 0 Å². The van der Waals surface area contributed by atoms with Gasteiger partial charge in [-0.1, -0.05) is 13.3 Å². The number of ether oxygens (including phenoxy) is 2. The number of fused-ring (bicyclic) bond motifs is 1. The summed E-state index contributed by atoms with van der Waals surface area (Å²) >= 11 is 0. The van der Waals surface area contributed by atoms with Crippen molar-refractivity contribution < 1.29 is 9.47 Å². The summed E-state index contributed by atoms with van der Waals surface area (Å²) in [6.07, 6.45) is 5.44. The van der Waals surface area contributed by atoms with E-state index in [1.807, 2.05) is 0 Å². The molecular weight excluding hydrogens is 238 g/mol. The predicted octanol–water partition coefficient (Wildman–Crippen LogP) is 3.08. The number of hydrogen-bond acceptors (Lipinski definition) is 3. The molecule has 1 aliphatic carbocycles. The lowest BCUT2D eigenvalue weighted by Gasteiger charge is -2.24. The summed E-state index contributed by atoms with van der Waals surface area (Å²) in [4.78, 5) is 0. The van der Waals surface area contributed by atoms with Crippen molar-refractivity contribution in [3.8, 4) is 11.5 Å². The molecule has 0 spiro atoms. The Morgan fingerprint density at radius 2 is 2.05 bits per heavy atom. The Bertz CT molecular complexity index is 431. The first kappa shape index (κ1) is 14.2. The number of benzene rings is 1. The highest BCUT2D eigenvalue weighted by Crippen LogP contribution is 2.35. The average molecular weight is 263 g/mol. The van der Waals surface area contributed by atoms with Crippen LogP contribution in [-0.2, 0) is 12.8 Å².